The molecule has 0 fully saturated rings. The molecule has 0 saturated carbocycles. The second kappa shape index (κ2) is 11.2. The Hall–Kier alpha value is -1.61. The predicted molar refractivity (Wildman–Crippen MR) is 136 cm³/mol. The summed E-state index contributed by atoms with van der Waals surface area (Å²) in [5.74, 6) is -0.467. The van der Waals surface area contributed by atoms with Gasteiger partial charge in [-0.15, -0.1) is 0 Å². The molecule has 0 aromatic heterocycles. The molecule has 0 bridgehead atoms. The number of rotatable bonds is 8. The Labute approximate surface area is 216 Å². The van der Waals surface area contributed by atoms with Crippen LogP contribution in [0.5, 0.6) is 0 Å². The fourth-order valence-electron chi connectivity index (χ4n) is 3.12. The fraction of sp³-hybridized carbons (Fsp3) is 0.174. The Bertz CT molecular complexity index is 1220. The third kappa shape index (κ3) is 6.72. The fourth-order valence-corrected chi connectivity index (χ4v) is 5.40. The zero-order valence-corrected chi connectivity index (χ0v) is 22.1. The number of carbonyl (C=O) groups excluding carboxylic acids is 1. The van der Waals surface area contributed by atoms with Crippen LogP contribution in [0.15, 0.2) is 76.1 Å². The van der Waals surface area contributed by atoms with E-state index >= 15 is 0 Å². The summed E-state index contributed by atoms with van der Waals surface area (Å²) in [4.78, 5) is 12.9. The van der Waals surface area contributed by atoms with Crippen molar-refractivity contribution >= 4 is 66.7 Å². The quantitative estimate of drug-likeness (QED) is 0.327. The minimum Gasteiger partial charge on any atom is -0.348 e. The summed E-state index contributed by atoms with van der Waals surface area (Å²) in [6.07, 6.45) is 0. The molecule has 0 heterocycles. The molecule has 174 valence electrons. The first-order valence-electron chi connectivity index (χ1n) is 9.81. The molecule has 3 aromatic rings. The van der Waals surface area contributed by atoms with Crippen LogP contribution in [0.2, 0.25) is 15.1 Å². The zero-order valence-electron chi connectivity index (χ0n) is 17.4. The van der Waals surface area contributed by atoms with Gasteiger partial charge in [-0.05, 0) is 61.0 Å². The van der Waals surface area contributed by atoms with E-state index in [0.29, 0.717) is 20.6 Å². The summed E-state index contributed by atoms with van der Waals surface area (Å²) < 4.78 is 28.8. The Morgan fingerprint density at radius 3 is 2.12 bits per heavy atom. The van der Waals surface area contributed by atoms with Crippen molar-refractivity contribution in [1.29, 1.82) is 0 Å². The molecule has 0 unspecified atom stereocenters. The van der Waals surface area contributed by atoms with Crippen LogP contribution in [0.3, 0.4) is 0 Å². The summed E-state index contributed by atoms with van der Waals surface area (Å²) in [5, 5.41) is 3.86. The maximum Gasteiger partial charge on any atom is 0.243 e. The topological polar surface area (TPSA) is 66.5 Å². The third-order valence-corrected chi connectivity index (χ3v) is 8.21. The maximum atomic E-state index is 13.4. The van der Waals surface area contributed by atoms with Crippen LogP contribution in [0, 0.1) is 0 Å². The molecule has 5 nitrogen and oxygen atoms in total. The van der Waals surface area contributed by atoms with E-state index in [-0.39, 0.29) is 17.5 Å². The molecule has 0 spiro atoms. The number of amides is 1. The maximum absolute atomic E-state index is 13.4. The van der Waals surface area contributed by atoms with Crippen molar-refractivity contribution in [2.45, 2.75) is 24.4 Å². The highest BCUT2D eigenvalue weighted by molar-refractivity contribution is 9.10. The van der Waals surface area contributed by atoms with Gasteiger partial charge < -0.3 is 5.32 Å². The van der Waals surface area contributed by atoms with Gasteiger partial charge in [0.05, 0.1) is 17.5 Å². The van der Waals surface area contributed by atoms with Crippen LogP contribution in [0.25, 0.3) is 0 Å². The van der Waals surface area contributed by atoms with Gasteiger partial charge in [-0.3, -0.25) is 4.79 Å². The first kappa shape index (κ1) is 26.0. The van der Waals surface area contributed by atoms with Gasteiger partial charge >= 0.3 is 0 Å². The lowest BCUT2D eigenvalue weighted by Gasteiger charge is -2.24. The van der Waals surface area contributed by atoms with E-state index in [1.165, 1.54) is 24.3 Å². The van der Waals surface area contributed by atoms with E-state index in [1.807, 2.05) is 31.2 Å². The molecule has 3 rings (SSSR count). The van der Waals surface area contributed by atoms with Gasteiger partial charge in [-0.2, -0.15) is 4.31 Å². The van der Waals surface area contributed by atoms with Crippen molar-refractivity contribution < 1.29 is 13.2 Å². The summed E-state index contributed by atoms with van der Waals surface area (Å²) in [7, 11) is -4.06. The minimum absolute atomic E-state index is 0.00355. The average Bonchev–Trinajstić information content (AvgIpc) is 2.76. The molecular weight excluding hydrogens is 571 g/mol. The van der Waals surface area contributed by atoms with E-state index in [1.54, 1.807) is 18.2 Å². The summed E-state index contributed by atoms with van der Waals surface area (Å²) in [6, 6.07) is 17.8. The van der Waals surface area contributed by atoms with Crippen LogP contribution < -0.4 is 5.32 Å². The highest BCUT2D eigenvalue weighted by atomic mass is 79.9. The van der Waals surface area contributed by atoms with Crippen LogP contribution in [0.1, 0.15) is 24.1 Å². The summed E-state index contributed by atoms with van der Waals surface area (Å²) in [5.41, 5.74) is 1.29. The van der Waals surface area contributed by atoms with Crippen molar-refractivity contribution in [3.8, 4) is 0 Å². The lowest BCUT2D eigenvalue weighted by molar-refractivity contribution is -0.122. The second-order valence-electron chi connectivity index (χ2n) is 7.27. The molecule has 0 radical (unpaired) electrons. The Morgan fingerprint density at radius 1 is 0.970 bits per heavy atom. The molecule has 0 aliphatic heterocycles. The normalized spacial score (nSPS) is 12.5. The van der Waals surface area contributed by atoms with Gasteiger partial charge in [0.2, 0.25) is 15.9 Å². The molecule has 3 aromatic carbocycles. The monoisotopic (exact) mass is 588 g/mol. The largest absolute Gasteiger partial charge is 0.348 e. The molecule has 33 heavy (non-hydrogen) atoms. The standard InChI is InChI=1S/C23H20BrCl3N2O3S/c1-15(16-5-7-17(24)8-6-16)28-23(30)14-29(13-20-21(26)3-2-4-22(20)27)33(31,32)19-11-9-18(25)10-12-19/h2-12,15H,13-14H2,1H3,(H,28,30)/t15-/m1/s1. The summed E-state index contributed by atoms with van der Waals surface area (Å²) in [6.45, 7) is 1.22. The molecule has 0 saturated heterocycles. The molecular formula is C23H20BrCl3N2O3S. The number of hydrogen-bond acceptors (Lipinski definition) is 3. The van der Waals surface area contributed by atoms with Gasteiger partial charge in [0, 0.05) is 31.6 Å². The summed E-state index contributed by atoms with van der Waals surface area (Å²) >= 11 is 21.8. The molecule has 0 aliphatic carbocycles. The van der Waals surface area contributed by atoms with E-state index in [9.17, 15) is 13.2 Å². The highest BCUT2D eigenvalue weighted by Crippen LogP contribution is 2.28. The molecule has 1 atom stereocenters. The number of hydrogen-bond donors (Lipinski definition) is 1. The van der Waals surface area contributed by atoms with E-state index in [0.717, 1.165) is 14.3 Å². The van der Waals surface area contributed by atoms with E-state index in [2.05, 4.69) is 21.2 Å². The van der Waals surface area contributed by atoms with Crippen molar-refractivity contribution in [3.05, 3.63) is 97.4 Å². The lowest BCUT2D eigenvalue weighted by atomic mass is 10.1. The Balaban J connectivity index is 1.88. The minimum atomic E-state index is -4.06. The number of sulfonamides is 1. The molecule has 1 amide bonds. The van der Waals surface area contributed by atoms with E-state index in [4.69, 9.17) is 34.8 Å². The van der Waals surface area contributed by atoms with Gasteiger partial charge in [-0.25, -0.2) is 8.42 Å². The Kier molecular flexibility index (Phi) is 8.83. The smallest absolute Gasteiger partial charge is 0.243 e. The third-order valence-electron chi connectivity index (χ3n) is 4.92. The SMILES string of the molecule is C[C@@H](NC(=O)CN(Cc1c(Cl)cccc1Cl)S(=O)(=O)c1ccc(Cl)cc1)c1ccc(Br)cc1. The van der Waals surface area contributed by atoms with Crippen molar-refractivity contribution in [2.24, 2.45) is 0 Å². The van der Waals surface area contributed by atoms with Gasteiger partial charge in [-0.1, -0.05) is 68.9 Å². The molecule has 0 aliphatic rings. The van der Waals surface area contributed by atoms with Crippen molar-refractivity contribution in [2.75, 3.05) is 6.54 Å². The number of nitrogens with zero attached hydrogens (tertiary/aromatic N) is 1. The zero-order chi connectivity index (χ0) is 24.2. The highest BCUT2D eigenvalue weighted by Gasteiger charge is 2.28. The first-order valence-corrected chi connectivity index (χ1v) is 13.2. The van der Waals surface area contributed by atoms with Crippen molar-refractivity contribution in [3.63, 3.8) is 0 Å². The number of halogens is 4. The van der Waals surface area contributed by atoms with Crippen LogP contribution in [-0.2, 0) is 21.4 Å². The lowest BCUT2D eigenvalue weighted by Crippen LogP contribution is -2.41. The van der Waals surface area contributed by atoms with Crippen LogP contribution in [-0.4, -0.2) is 25.2 Å². The predicted octanol–water partition coefficient (Wildman–Crippen LogP) is 6.48. The molecule has 1 N–H and O–H groups in total. The van der Waals surface area contributed by atoms with Crippen molar-refractivity contribution in [1.82, 2.24) is 9.62 Å². The average molecular weight is 591 g/mol. The van der Waals surface area contributed by atoms with Crippen LogP contribution in [0.4, 0.5) is 0 Å². The Morgan fingerprint density at radius 2 is 1.55 bits per heavy atom. The van der Waals surface area contributed by atoms with Gasteiger partial charge in [0.15, 0.2) is 0 Å². The number of carbonyl (C=O) groups is 1. The van der Waals surface area contributed by atoms with Gasteiger partial charge in [0.25, 0.3) is 0 Å². The van der Waals surface area contributed by atoms with Crippen LogP contribution >= 0.6 is 50.7 Å². The molecule has 10 heteroatoms. The number of benzene rings is 3. The number of nitrogens with one attached hydrogen (secondary N) is 1. The van der Waals surface area contributed by atoms with Gasteiger partial charge in [0.1, 0.15) is 0 Å². The van der Waals surface area contributed by atoms with E-state index < -0.39 is 22.5 Å². The first-order chi connectivity index (χ1) is 15.6. The second-order valence-corrected chi connectivity index (χ2v) is 11.4.